The molecule has 4 rings (SSSR count). The minimum absolute atomic E-state index is 0. The smallest absolute Gasteiger partial charge is 0.328 e. The Morgan fingerprint density at radius 3 is 0.622 bits per heavy atom. The van der Waals surface area contributed by atoms with E-state index in [2.05, 4.69) is 0 Å². The van der Waals surface area contributed by atoms with Crippen LogP contribution in [0.15, 0.2) is 146 Å². The molecular weight excluding hydrogens is 675 g/mol. The monoisotopic (exact) mass is 707 g/mol. The van der Waals surface area contributed by atoms with Crippen molar-refractivity contribution in [3.8, 4) is 0 Å². The number of benzene rings is 4. The van der Waals surface area contributed by atoms with Gasteiger partial charge in [-0.2, -0.15) is 0 Å². The van der Waals surface area contributed by atoms with Crippen LogP contribution in [0, 0.1) is 0 Å². The molecule has 0 aliphatic rings. The molecule has 0 aliphatic carbocycles. The summed E-state index contributed by atoms with van der Waals surface area (Å²) in [6.45, 7) is 0. The number of hydrogen-bond acceptors (Lipinski definition) is 4. The Hall–Kier alpha value is -5.41. The molecule has 0 saturated heterocycles. The van der Waals surface area contributed by atoms with Crippen molar-refractivity contribution < 1.29 is 39.6 Å². The summed E-state index contributed by atoms with van der Waals surface area (Å²) in [5, 5.41) is 33.2. The van der Waals surface area contributed by atoms with E-state index in [0.29, 0.717) is 0 Å². The van der Waals surface area contributed by atoms with Crippen molar-refractivity contribution in [2.45, 2.75) is 0 Å². The van der Waals surface area contributed by atoms with Crippen LogP contribution in [0.2, 0.25) is 0 Å². The minimum Gasteiger partial charge on any atom is -0.478 e. The zero-order valence-corrected chi connectivity index (χ0v) is 27.5. The Morgan fingerprint density at radius 2 is 0.489 bits per heavy atom. The predicted molar refractivity (Wildman–Crippen MR) is 178 cm³/mol. The van der Waals surface area contributed by atoms with Gasteiger partial charge in [-0.25, -0.2) is 19.2 Å². The molecule has 0 saturated carbocycles. The molecular formula is C36H32InO8. The number of carboxylic acids is 4. The molecule has 4 aromatic carbocycles. The Morgan fingerprint density at radius 1 is 0.333 bits per heavy atom. The number of rotatable bonds is 8. The summed E-state index contributed by atoms with van der Waals surface area (Å²) >= 11 is 0. The molecule has 0 atom stereocenters. The fourth-order valence-electron chi connectivity index (χ4n) is 2.93. The predicted octanol–water partition coefficient (Wildman–Crippen LogP) is 6.76. The molecule has 8 nitrogen and oxygen atoms in total. The van der Waals surface area contributed by atoms with E-state index < -0.39 is 23.9 Å². The van der Waals surface area contributed by atoms with Gasteiger partial charge < -0.3 is 20.4 Å². The molecule has 4 aromatic rings. The van der Waals surface area contributed by atoms with Crippen molar-refractivity contribution >= 4 is 74.0 Å². The van der Waals surface area contributed by atoms with Gasteiger partial charge in [-0.15, -0.1) is 0 Å². The first kappa shape index (κ1) is 39.6. The fourth-order valence-corrected chi connectivity index (χ4v) is 2.93. The first-order valence-corrected chi connectivity index (χ1v) is 13.0. The van der Waals surface area contributed by atoms with E-state index in [4.69, 9.17) is 20.4 Å². The fraction of sp³-hybridized carbons (Fsp3) is 0. The number of carbonyl (C=O) groups is 4. The second-order valence-corrected chi connectivity index (χ2v) is 8.33. The third-order valence-corrected chi connectivity index (χ3v) is 4.87. The molecule has 9 heteroatoms. The summed E-state index contributed by atoms with van der Waals surface area (Å²) < 4.78 is 0. The quantitative estimate of drug-likeness (QED) is 0.147. The largest absolute Gasteiger partial charge is 0.478 e. The van der Waals surface area contributed by atoms with Crippen molar-refractivity contribution in [3.63, 3.8) is 0 Å². The molecule has 0 unspecified atom stereocenters. The van der Waals surface area contributed by atoms with Gasteiger partial charge in [0.2, 0.25) is 0 Å². The first-order valence-electron chi connectivity index (χ1n) is 13.0. The van der Waals surface area contributed by atoms with Crippen molar-refractivity contribution in [1.82, 2.24) is 0 Å². The number of hydrogen-bond donors (Lipinski definition) is 4. The van der Waals surface area contributed by atoms with E-state index >= 15 is 0 Å². The minimum atomic E-state index is -0.922. The molecule has 0 aliphatic heterocycles. The molecule has 4 N–H and O–H groups in total. The van der Waals surface area contributed by atoms with Gasteiger partial charge in [-0.05, 0) is 46.6 Å². The van der Waals surface area contributed by atoms with Gasteiger partial charge in [0.15, 0.2) is 0 Å². The SMILES string of the molecule is O=C(O)C=Cc1ccccc1.O=C(O)C=Cc1ccccc1.O=C(O)C=Cc1ccccc1.O=C(O)C=Cc1ccccc1.[In]. The maximum Gasteiger partial charge on any atom is 0.328 e. The summed E-state index contributed by atoms with van der Waals surface area (Å²) in [4.78, 5) is 40.3. The van der Waals surface area contributed by atoms with Crippen LogP contribution < -0.4 is 0 Å². The van der Waals surface area contributed by atoms with Gasteiger partial charge in [0.25, 0.3) is 0 Å². The van der Waals surface area contributed by atoms with Crippen molar-refractivity contribution in [2.75, 3.05) is 0 Å². The molecule has 0 bridgehead atoms. The van der Waals surface area contributed by atoms with Crippen LogP contribution >= 0.6 is 0 Å². The van der Waals surface area contributed by atoms with Crippen LogP contribution in [-0.4, -0.2) is 70.1 Å². The summed E-state index contributed by atoms with van der Waals surface area (Å²) in [5.41, 5.74) is 3.59. The molecule has 0 heterocycles. The molecule has 227 valence electrons. The van der Waals surface area contributed by atoms with E-state index in [-0.39, 0.29) is 25.8 Å². The van der Waals surface area contributed by atoms with Crippen molar-refractivity contribution in [3.05, 3.63) is 168 Å². The second-order valence-electron chi connectivity index (χ2n) is 8.33. The first-order chi connectivity index (χ1) is 21.2. The van der Waals surface area contributed by atoms with Crippen LogP contribution in [-0.2, 0) is 19.2 Å². The Kier molecular flexibility index (Phi) is 22.1. The van der Waals surface area contributed by atoms with E-state index in [1.54, 1.807) is 24.3 Å². The van der Waals surface area contributed by atoms with E-state index in [0.717, 1.165) is 46.6 Å². The molecule has 3 radical (unpaired) electrons. The summed E-state index contributed by atoms with van der Waals surface area (Å²) in [7, 11) is 0. The summed E-state index contributed by atoms with van der Waals surface area (Å²) in [5.74, 6) is -3.69. The normalized spacial score (nSPS) is 9.96. The van der Waals surface area contributed by atoms with Crippen LogP contribution in [0.1, 0.15) is 22.3 Å². The molecule has 0 aromatic heterocycles. The Bertz CT molecular complexity index is 1290. The van der Waals surface area contributed by atoms with E-state index in [1.807, 2.05) is 121 Å². The number of carboxylic acid groups (broad SMARTS) is 4. The van der Waals surface area contributed by atoms with Crippen LogP contribution in [0.3, 0.4) is 0 Å². The molecule has 0 amide bonds. The molecule has 0 spiro atoms. The van der Waals surface area contributed by atoms with Crippen LogP contribution in [0.5, 0.6) is 0 Å². The topological polar surface area (TPSA) is 149 Å². The van der Waals surface area contributed by atoms with Gasteiger partial charge >= 0.3 is 23.9 Å². The average Bonchev–Trinajstić information content (AvgIpc) is 3.04. The van der Waals surface area contributed by atoms with Crippen molar-refractivity contribution in [2.24, 2.45) is 0 Å². The average molecular weight is 707 g/mol. The third-order valence-electron chi connectivity index (χ3n) is 4.87. The van der Waals surface area contributed by atoms with Crippen molar-refractivity contribution in [1.29, 1.82) is 0 Å². The molecule has 45 heavy (non-hydrogen) atoms. The van der Waals surface area contributed by atoms with E-state index in [9.17, 15) is 19.2 Å². The Labute approximate surface area is 280 Å². The third kappa shape index (κ3) is 23.8. The second kappa shape index (κ2) is 25.1. The maximum atomic E-state index is 10.1. The van der Waals surface area contributed by atoms with E-state index in [1.165, 1.54) is 0 Å². The van der Waals surface area contributed by atoms with Gasteiger partial charge in [0.1, 0.15) is 0 Å². The van der Waals surface area contributed by atoms with Crippen LogP contribution in [0.25, 0.3) is 24.3 Å². The molecule has 0 fully saturated rings. The zero-order chi connectivity index (χ0) is 32.4. The summed E-state index contributed by atoms with van der Waals surface area (Å²) in [6, 6.07) is 37.2. The van der Waals surface area contributed by atoms with Gasteiger partial charge in [0.05, 0.1) is 0 Å². The van der Waals surface area contributed by atoms with Gasteiger partial charge in [0, 0.05) is 50.1 Å². The van der Waals surface area contributed by atoms with Gasteiger partial charge in [-0.1, -0.05) is 121 Å². The number of aliphatic carboxylic acids is 4. The Balaban J connectivity index is 0.000000569. The summed E-state index contributed by atoms with van der Waals surface area (Å²) in [6.07, 6.45) is 10.7. The zero-order valence-electron chi connectivity index (χ0n) is 24.2. The standard InChI is InChI=1S/4C9H8O2.In/c4*10-9(11)7-6-8-4-2-1-3-5-8;/h4*1-7H,(H,10,11);. The maximum absolute atomic E-state index is 10.1. The van der Waals surface area contributed by atoms with Crippen LogP contribution in [0.4, 0.5) is 0 Å². The van der Waals surface area contributed by atoms with Gasteiger partial charge in [-0.3, -0.25) is 0 Å².